The Hall–Kier alpha value is -1.40. The zero-order valence-electron chi connectivity index (χ0n) is 12.9. The molecule has 6 heteroatoms. The Morgan fingerprint density at radius 3 is 2.81 bits per heavy atom. The van der Waals surface area contributed by atoms with E-state index in [1.54, 1.807) is 18.4 Å². The molecule has 0 saturated heterocycles. The zero-order valence-corrected chi connectivity index (χ0v) is 13.8. The highest BCUT2D eigenvalue weighted by atomic mass is 32.1. The van der Waals surface area contributed by atoms with Crippen molar-refractivity contribution in [2.24, 2.45) is 0 Å². The van der Waals surface area contributed by atoms with Gasteiger partial charge in [-0.25, -0.2) is 4.98 Å². The van der Waals surface area contributed by atoms with Gasteiger partial charge < -0.3 is 14.8 Å². The number of aryl methyl sites for hydroxylation is 1. The number of anilines is 1. The van der Waals surface area contributed by atoms with E-state index in [0.717, 1.165) is 36.0 Å². The highest BCUT2D eigenvalue weighted by Crippen LogP contribution is 2.31. The van der Waals surface area contributed by atoms with E-state index in [-0.39, 0.29) is 0 Å². The van der Waals surface area contributed by atoms with Gasteiger partial charge in [0.25, 0.3) is 0 Å². The van der Waals surface area contributed by atoms with Crippen molar-refractivity contribution in [2.75, 3.05) is 32.2 Å². The van der Waals surface area contributed by atoms with Crippen LogP contribution in [0.1, 0.15) is 31.6 Å². The number of nitrogens with one attached hydrogen (secondary N) is 1. The Morgan fingerprint density at radius 1 is 1.24 bits per heavy atom. The second-order valence-corrected chi connectivity index (χ2v) is 5.87. The Kier molecular flexibility index (Phi) is 6.20. The minimum atomic E-state index is 0.602. The summed E-state index contributed by atoms with van der Waals surface area (Å²) in [4.78, 5) is 11.4. The predicted molar refractivity (Wildman–Crippen MR) is 87.6 cm³/mol. The van der Waals surface area contributed by atoms with Crippen molar-refractivity contribution in [3.05, 3.63) is 10.9 Å². The number of aromatic nitrogens is 2. The van der Waals surface area contributed by atoms with Crippen molar-refractivity contribution >= 4 is 27.5 Å². The molecule has 2 heterocycles. The molecule has 0 spiro atoms. The van der Waals surface area contributed by atoms with Gasteiger partial charge >= 0.3 is 0 Å². The fourth-order valence-corrected chi connectivity index (χ4v) is 2.88. The molecule has 0 bridgehead atoms. The van der Waals surface area contributed by atoms with Crippen molar-refractivity contribution in [3.8, 4) is 5.88 Å². The molecule has 0 aliphatic heterocycles. The van der Waals surface area contributed by atoms with Crippen LogP contribution >= 0.6 is 11.3 Å². The standard InChI is InChI=1S/C15H23N3O2S/c1-4-7-16-15-17-13(20-9-6-8-19-3)12-10-11(5-2)21-14(12)18-15/h10H,4-9H2,1-3H3,(H,16,17,18). The summed E-state index contributed by atoms with van der Waals surface area (Å²) in [5.74, 6) is 1.32. The maximum Gasteiger partial charge on any atom is 0.227 e. The maximum absolute atomic E-state index is 5.84. The van der Waals surface area contributed by atoms with Crippen LogP contribution in [0.15, 0.2) is 6.07 Å². The SMILES string of the molecule is CCCNc1nc(OCCCOC)c2cc(CC)sc2n1. The van der Waals surface area contributed by atoms with Gasteiger partial charge in [-0.15, -0.1) is 11.3 Å². The number of hydrogen-bond acceptors (Lipinski definition) is 6. The fourth-order valence-electron chi connectivity index (χ4n) is 1.92. The number of hydrogen-bond donors (Lipinski definition) is 1. The van der Waals surface area contributed by atoms with Crippen LogP contribution in [0.3, 0.4) is 0 Å². The molecule has 0 radical (unpaired) electrons. The average Bonchev–Trinajstić information content (AvgIpc) is 2.92. The van der Waals surface area contributed by atoms with Gasteiger partial charge in [-0.3, -0.25) is 0 Å². The lowest BCUT2D eigenvalue weighted by molar-refractivity contribution is 0.171. The minimum absolute atomic E-state index is 0.602. The third-order valence-corrected chi connectivity index (χ3v) is 4.20. The van der Waals surface area contributed by atoms with Crippen molar-refractivity contribution in [2.45, 2.75) is 33.1 Å². The summed E-state index contributed by atoms with van der Waals surface area (Å²) < 4.78 is 10.9. The van der Waals surface area contributed by atoms with Gasteiger partial charge in [0.15, 0.2) is 0 Å². The van der Waals surface area contributed by atoms with Gasteiger partial charge in [-0.2, -0.15) is 4.98 Å². The molecule has 0 aliphatic carbocycles. The normalized spacial score (nSPS) is 11.0. The smallest absolute Gasteiger partial charge is 0.227 e. The first kappa shape index (κ1) is 16.0. The molecule has 2 aromatic rings. The van der Waals surface area contributed by atoms with Crippen LogP contribution in [0.5, 0.6) is 5.88 Å². The summed E-state index contributed by atoms with van der Waals surface area (Å²) in [6.07, 6.45) is 2.89. The van der Waals surface area contributed by atoms with E-state index in [0.29, 0.717) is 25.0 Å². The first-order valence-corrected chi connectivity index (χ1v) is 8.26. The Morgan fingerprint density at radius 2 is 2.10 bits per heavy atom. The lowest BCUT2D eigenvalue weighted by Gasteiger charge is -2.08. The molecule has 0 saturated carbocycles. The Labute approximate surface area is 129 Å². The summed E-state index contributed by atoms with van der Waals surface area (Å²) >= 11 is 1.71. The van der Waals surface area contributed by atoms with E-state index in [4.69, 9.17) is 9.47 Å². The van der Waals surface area contributed by atoms with Gasteiger partial charge in [-0.1, -0.05) is 13.8 Å². The lowest BCUT2D eigenvalue weighted by Crippen LogP contribution is -2.07. The lowest BCUT2D eigenvalue weighted by atomic mass is 10.3. The van der Waals surface area contributed by atoms with Gasteiger partial charge in [0, 0.05) is 31.6 Å². The molecule has 1 N–H and O–H groups in total. The number of methoxy groups -OCH3 is 1. The van der Waals surface area contributed by atoms with Gasteiger partial charge in [-0.05, 0) is 18.9 Å². The zero-order chi connectivity index (χ0) is 15.1. The van der Waals surface area contributed by atoms with Crippen molar-refractivity contribution < 1.29 is 9.47 Å². The predicted octanol–water partition coefficient (Wildman–Crippen LogP) is 3.49. The summed E-state index contributed by atoms with van der Waals surface area (Å²) in [5.41, 5.74) is 0. The molecular weight excluding hydrogens is 286 g/mol. The maximum atomic E-state index is 5.84. The number of nitrogens with zero attached hydrogens (tertiary/aromatic N) is 2. The first-order valence-electron chi connectivity index (χ1n) is 7.44. The summed E-state index contributed by atoms with van der Waals surface area (Å²) in [5, 5.41) is 4.25. The summed E-state index contributed by atoms with van der Waals surface area (Å²) in [7, 11) is 1.70. The number of fused-ring (bicyclic) bond motifs is 1. The van der Waals surface area contributed by atoms with Crippen LogP contribution in [0.25, 0.3) is 10.2 Å². The first-order chi connectivity index (χ1) is 10.3. The van der Waals surface area contributed by atoms with Crippen LogP contribution in [-0.2, 0) is 11.2 Å². The van der Waals surface area contributed by atoms with Crippen molar-refractivity contribution in [3.63, 3.8) is 0 Å². The van der Waals surface area contributed by atoms with E-state index in [2.05, 4.69) is 35.2 Å². The van der Waals surface area contributed by atoms with Gasteiger partial charge in [0.1, 0.15) is 4.83 Å². The molecular formula is C15H23N3O2S. The van der Waals surface area contributed by atoms with E-state index in [9.17, 15) is 0 Å². The quantitative estimate of drug-likeness (QED) is 0.719. The number of ether oxygens (including phenoxy) is 2. The third kappa shape index (κ3) is 4.28. The average molecular weight is 309 g/mol. The second kappa shape index (κ2) is 8.14. The van der Waals surface area contributed by atoms with E-state index in [1.807, 2.05) is 0 Å². The second-order valence-electron chi connectivity index (χ2n) is 4.76. The van der Waals surface area contributed by atoms with E-state index >= 15 is 0 Å². The molecule has 2 rings (SSSR count). The van der Waals surface area contributed by atoms with Crippen LogP contribution in [0, 0.1) is 0 Å². The fraction of sp³-hybridized carbons (Fsp3) is 0.600. The van der Waals surface area contributed by atoms with Crippen molar-refractivity contribution in [1.82, 2.24) is 9.97 Å². The summed E-state index contributed by atoms with van der Waals surface area (Å²) in [6.45, 7) is 6.42. The topological polar surface area (TPSA) is 56.3 Å². The van der Waals surface area contributed by atoms with E-state index < -0.39 is 0 Å². The Balaban J connectivity index is 2.22. The van der Waals surface area contributed by atoms with Crippen LogP contribution < -0.4 is 10.1 Å². The minimum Gasteiger partial charge on any atom is -0.477 e. The van der Waals surface area contributed by atoms with Gasteiger partial charge in [0.05, 0.1) is 12.0 Å². The molecule has 2 aromatic heterocycles. The monoisotopic (exact) mass is 309 g/mol. The number of rotatable bonds is 9. The molecule has 21 heavy (non-hydrogen) atoms. The molecule has 0 atom stereocenters. The largest absolute Gasteiger partial charge is 0.477 e. The van der Waals surface area contributed by atoms with Crippen LogP contribution in [0.4, 0.5) is 5.95 Å². The molecule has 116 valence electrons. The molecule has 0 amide bonds. The molecule has 0 unspecified atom stereocenters. The van der Waals surface area contributed by atoms with Gasteiger partial charge in [0.2, 0.25) is 11.8 Å². The molecule has 0 aliphatic rings. The molecule has 0 fully saturated rings. The Bertz CT molecular complexity index is 571. The van der Waals surface area contributed by atoms with E-state index in [1.165, 1.54) is 4.88 Å². The van der Waals surface area contributed by atoms with Crippen LogP contribution in [0.2, 0.25) is 0 Å². The number of thiophene rings is 1. The highest BCUT2D eigenvalue weighted by Gasteiger charge is 2.12. The molecule has 5 nitrogen and oxygen atoms in total. The van der Waals surface area contributed by atoms with Crippen LogP contribution in [-0.4, -0.2) is 36.8 Å². The highest BCUT2D eigenvalue weighted by molar-refractivity contribution is 7.18. The summed E-state index contributed by atoms with van der Waals surface area (Å²) in [6, 6.07) is 2.13. The molecule has 0 aromatic carbocycles. The van der Waals surface area contributed by atoms with Crippen molar-refractivity contribution in [1.29, 1.82) is 0 Å². The third-order valence-electron chi connectivity index (χ3n) is 3.02.